The molecule has 0 bridgehead atoms. The van der Waals surface area contributed by atoms with Gasteiger partial charge in [-0.25, -0.2) is 4.98 Å². The van der Waals surface area contributed by atoms with Crippen LogP contribution in [0, 0.1) is 6.92 Å². The maximum Gasteiger partial charge on any atom is 0.161 e. The summed E-state index contributed by atoms with van der Waals surface area (Å²) in [7, 11) is 1.65. The van der Waals surface area contributed by atoms with E-state index in [0.29, 0.717) is 54.9 Å². The van der Waals surface area contributed by atoms with Crippen LogP contribution < -0.4 is 14.2 Å². The maximum absolute atomic E-state index is 11.2. The molecule has 0 spiro atoms. The fourth-order valence-corrected chi connectivity index (χ4v) is 4.43. The van der Waals surface area contributed by atoms with Gasteiger partial charge in [0.15, 0.2) is 11.5 Å². The molecule has 1 saturated heterocycles. The zero-order chi connectivity index (χ0) is 24.0. The molecule has 1 fully saturated rings. The lowest BCUT2D eigenvalue weighted by atomic mass is 9.93. The minimum absolute atomic E-state index is 0.208. The molecule has 8 heteroatoms. The van der Waals surface area contributed by atoms with Crippen LogP contribution in [0.15, 0.2) is 55.1 Å². The minimum atomic E-state index is -0.925. The molecule has 1 atom stereocenters. The van der Waals surface area contributed by atoms with Crippen molar-refractivity contribution in [2.45, 2.75) is 38.5 Å². The molecular formula is C26H32ClN3O4. The molecule has 2 aromatic carbocycles. The van der Waals surface area contributed by atoms with Gasteiger partial charge in [0.05, 0.1) is 25.0 Å². The number of methoxy groups -OCH3 is 1. The number of aliphatic hydroxyl groups is 1. The number of hydrogen-bond donors (Lipinski definition) is 1. The van der Waals surface area contributed by atoms with Gasteiger partial charge in [0.2, 0.25) is 0 Å². The molecule has 1 aliphatic heterocycles. The SMILES string of the molecule is COc1cc(CN2CCC[C@](O)(COc3cc(C)ccc3Cl)C2)ccc1OCCn1ccnc1. The Morgan fingerprint density at radius 2 is 2.00 bits per heavy atom. The molecule has 182 valence electrons. The highest BCUT2D eigenvalue weighted by atomic mass is 35.5. The number of piperidine rings is 1. The summed E-state index contributed by atoms with van der Waals surface area (Å²) in [4.78, 5) is 6.29. The van der Waals surface area contributed by atoms with E-state index in [2.05, 4.69) is 9.88 Å². The third kappa shape index (κ3) is 6.44. The molecule has 7 nitrogen and oxygen atoms in total. The maximum atomic E-state index is 11.2. The van der Waals surface area contributed by atoms with Crippen molar-refractivity contribution in [3.05, 3.63) is 71.3 Å². The highest BCUT2D eigenvalue weighted by Gasteiger charge is 2.34. The van der Waals surface area contributed by atoms with Crippen molar-refractivity contribution in [2.75, 3.05) is 33.4 Å². The Hall–Kier alpha value is -2.74. The predicted molar refractivity (Wildman–Crippen MR) is 132 cm³/mol. The van der Waals surface area contributed by atoms with Crippen LogP contribution in [0.25, 0.3) is 0 Å². The van der Waals surface area contributed by atoms with E-state index in [9.17, 15) is 5.11 Å². The first-order valence-corrected chi connectivity index (χ1v) is 11.9. The average Bonchev–Trinajstić information content (AvgIpc) is 3.34. The van der Waals surface area contributed by atoms with Crippen molar-refractivity contribution < 1.29 is 19.3 Å². The molecule has 2 heterocycles. The van der Waals surface area contributed by atoms with Crippen LogP contribution >= 0.6 is 11.6 Å². The van der Waals surface area contributed by atoms with Gasteiger partial charge < -0.3 is 23.9 Å². The summed E-state index contributed by atoms with van der Waals surface area (Å²) in [6.07, 6.45) is 7.02. The van der Waals surface area contributed by atoms with Crippen molar-refractivity contribution in [1.29, 1.82) is 0 Å². The van der Waals surface area contributed by atoms with Gasteiger partial charge in [-0.2, -0.15) is 0 Å². The van der Waals surface area contributed by atoms with Gasteiger partial charge in [0, 0.05) is 25.5 Å². The first-order valence-electron chi connectivity index (χ1n) is 11.5. The summed E-state index contributed by atoms with van der Waals surface area (Å²) in [5.74, 6) is 2.03. The lowest BCUT2D eigenvalue weighted by Crippen LogP contribution is -2.51. The summed E-state index contributed by atoms with van der Waals surface area (Å²) < 4.78 is 19.4. The van der Waals surface area contributed by atoms with E-state index < -0.39 is 5.60 Å². The highest BCUT2D eigenvalue weighted by molar-refractivity contribution is 6.32. The molecule has 34 heavy (non-hydrogen) atoms. The molecule has 0 saturated carbocycles. The van der Waals surface area contributed by atoms with Crippen LogP contribution in [-0.2, 0) is 13.1 Å². The summed E-state index contributed by atoms with van der Waals surface area (Å²) in [6, 6.07) is 11.7. The molecule has 1 N–H and O–H groups in total. The smallest absolute Gasteiger partial charge is 0.161 e. The number of likely N-dealkylation sites (tertiary alicyclic amines) is 1. The number of hydrogen-bond acceptors (Lipinski definition) is 6. The van der Waals surface area contributed by atoms with E-state index in [0.717, 1.165) is 24.1 Å². The Labute approximate surface area is 205 Å². The highest BCUT2D eigenvalue weighted by Crippen LogP contribution is 2.31. The minimum Gasteiger partial charge on any atom is -0.493 e. The molecule has 4 rings (SSSR count). The Kier molecular flexibility index (Phi) is 7.98. The average molecular weight is 486 g/mol. The lowest BCUT2D eigenvalue weighted by Gasteiger charge is -2.39. The van der Waals surface area contributed by atoms with E-state index in [4.69, 9.17) is 25.8 Å². The Bertz CT molecular complexity index is 1080. The number of imidazole rings is 1. The van der Waals surface area contributed by atoms with Crippen LogP contribution in [-0.4, -0.2) is 58.6 Å². The second-order valence-electron chi connectivity index (χ2n) is 8.90. The number of rotatable bonds is 10. The standard InChI is InChI=1S/C26H32ClN3O4/c1-20-4-6-22(27)24(14-20)34-18-26(31)8-3-10-30(17-26)16-21-5-7-23(25(15-21)32-2)33-13-12-29-11-9-28-19-29/h4-7,9,11,14-15,19,31H,3,8,10,12-13,16-18H2,1-2H3/t26-/m1/s1. The van der Waals surface area contributed by atoms with Gasteiger partial charge in [-0.15, -0.1) is 0 Å². The molecule has 3 aromatic rings. The zero-order valence-corrected chi connectivity index (χ0v) is 20.5. The monoisotopic (exact) mass is 485 g/mol. The zero-order valence-electron chi connectivity index (χ0n) is 19.7. The number of halogens is 1. The molecular weight excluding hydrogens is 454 g/mol. The quantitative estimate of drug-likeness (QED) is 0.460. The molecule has 0 amide bonds. The fourth-order valence-electron chi connectivity index (χ4n) is 4.26. The van der Waals surface area contributed by atoms with Crippen LogP contribution in [0.3, 0.4) is 0 Å². The largest absolute Gasteiger partial charge is 0.493 e. The van der Waals surface area contributed by atoms with Gasteiger partial charge >= 0.3 is 0 Å². The van der Waals surface area contributed by atoms with Crippen LogP contribution in [0.2, 0.25) is 5.02 Å². The van der Waals surface area contributed by atoms with Crippen molar-refractivity contribution in [1.82, 2.24) is 14.5 Å². The summed E-state index contributed by atoms with van der Waals surface area (Å²) in [5, 5.41) is 11.8. The third-order valence-corrected chi connectivity index (χ3v) is 6.33. The number of benzene rings is 2. The summed E-state index contributed by atoms with van der Waals surface area (Å²) in [6.45, 7) is 5.59. The van der Waals surface area contributed by atoms with E-state index in [1.165, 1.54) is 0 Å². The van der Waals surface area contributed by atoms with Crippen molar-refractivity contribution in [3.63, 3.8) is 0 Å². The number of ether oxygens (including phenoxy) is 3. The topological polar surface area (TPSA) is 69.0 Å². The molecule has 0 unspecified atom stereocenters. The Balaban J connectivity index is 1.33. The number of aromatic nitrogens is 2. The number of aryl methyl sites for hydroxylation is 1. The predicted octanol–water partition coefficient (Wildman–Crippen LogP) is 4.34. The van der Waals surface area contributed by atoms with Gasteiger partial charge in [-0.3, -0.25) is 4.90 Å². The second kappa shape index (κ2) is 11.1. The van der Waals surface area contributed by atoms with Crippen LogP contribution in [0.5, 0.6) is 17.2 Å². The molecule has 1 aliphatic rings. The first-order chi connectivity index (χ1) is 16.4. The van der Waals surface area contributed by atoms with Crippen LogP contribution in [0.1, 0.15) is 24.0 Å². The van der Waals surface area contributed by atoms with E-state index in [1.807, 2.05) is 54.1 Å². The second-order valence-corrected chi connectivity index (χ2v) is 9.30. The number of β-amino-alcohol motifs (C(OH)–C–C–N with tert-alkyl or cyclic N) is 1. The molecule has 1 aromatic heterocycles. The van der Waals surface area contributed by atoms with Gasteiger partial charge in [0.25, 0.3) is 0 Å². The van der Waals surface area contributed by atoms with E-state index >= 15 is 0 Å². The summed E-state index contributed by atoms with van der Waals surface area (Å²) in [5.41, 5.74) is 1.25. The van der Waals surface area contributed by atoms with Crippen molar-refractivity contribution >= 4 is 11.6 Å². The van der Waals surface area contributed by atoms with E-state index in [-0.39, 0.29) is 6.61 Å². The van der Waals surface area contributed by atoms with E-state index in [1.54, 1.807) is 19.6 Å². The van der Waals surface area contributed by atoms with Crippen molar-refractivity contribution in [3.8, 4) is 17.2 Å². The Morgan fingerprint density at radius 3 is 2.79 bits per heavy atom. The fraction of sp³-hybridized carbons (Fsp3) is 0.423. The van der Waals surface area contributed by atoms with Gasteiger partial charge in [-0.1, -0.05) is 23.7 Å². The molecule has 0 radical (unpaired) electrons. The van der Waals surface area contributed by atoms with Crippen molar-refractivity contribution in [2.24, 2.45) is 0 Å². The number of nitrogens with zero attached hydrogens (tertiary/aromatic N) is 3. The molecule has 0 aliphatic carbocycles. The van der Waals surface area contributed by atoms with Gasteiger partial charge in [0.1, 0.15) is 24.6 Å². The Morgan fingerprint density at radius 1 is 1.12 bits per heavy atom. The summed E-state index contributed by atoms with van der Waals surface area (Å²) >= 11 is 6.25. The normalized spacial score (nSPS) is 18.6. The third-order valence-electron chi connectivity index (χ3n) is 6.02. The van der Waals surface area contributed by atoms with Gasteiger partial charge in [-0.05, 0) is 61.7 Å². The lowest BCUT2D eigenvalue weighted by molar-refractivity contribution is -0.0621. The van der Waals surface area contributed by atoms with Crippen LogP contribution in [0.4, 0.5) is 0 Å². The first kappa shape index (κ1) is 24.4.